The van der Waals surface area contributed by atoms with Crippen molar-refractivity contribution < 1.29 is 38.6 Å². The Labute approximate surface area is 120 Å². The highest BCUT2D eigenvalue weighted by Gasteiger charge is 2.32. The number of amides is 2. The number of hydrogen-bond donors (Lipinski definition) is 1. The Morgan fingerprint density at radius 2 is 1.62 bits per heavy atom. The van der Waals surface area contributed by atoms with Gasteiger partial charge < -0.3 is 19.4 Å². The number of imide groups is 1. The lowest BCUT2D eigenvalue weighted by Crippen LogP contribution is -2.32. The number of rotatable bonds is 9. The van der Waals surface area contributed by atoms with Gasteiger partial charge in [0.15, 0.2) is 0 Å². The van der Waals surface area contributed by atoms with Gasteiger partial charge in [-0.15, -0.1) is 5.06 Å². The number of hydrogen-bond acceptors (Lipinski definition) is 8. The minimum absolute atomic E-state index is 0.0109. The molecule has 9 heteroatoms. The van der Waals surface area contributed by atoms with Crippen molar-refractivity contribution in [2.75, 3.05) is 26.4 Å². The molecule has 118 valence electrons. The molecular weight excluding hydrogens is 286 g/mol. The number of aliphatic hydroxyl groups excluding tert-OH is 1. The van der Waals surface area contributed by atoms with Crippen LogP contribution in [0.4, 0.5) is 0 Å². The lowest BCUT2D eigenvalue weighted by molar-refractivity contribution is -0.197. The molecule has 0 radical (unpaired) electrons. The van der Waals surface area contributed by atoms with Gasteiger partial charge in [-0.05, 0) is 0 Å². The predicted octanol–water partition coefficient (Wildman–Crippen LogP) is -1.07. The van der Waals surface area contributed by atoms with Gasteiger partial charge in [0, 0.05) is 12.8 Å². The summed E-state index contributed by atoms with van der Waals surface area (Å²) in [7, 11) is 0. The number of carbonyl (C=O) groups is 4. The molecule has 0 aromatic rings. The molecule has 0 aromatic heterocycles. The molecule has 1 saturated heterocycles. The molecule has 1 rings (SSSR count). The minimum atomic E-state index is -0.855. The SMILES string of the molecule is O=C(CCC(=O)ON1C(=O)CCC1=O)OCCOCCO. The van der Waals surface area contributed by atoms with E-state index in [4.69, 9.17) is 14.6 Å². The van der Waals surface area contributed by atoms with Gasteiger partial charge in [-0.3, -0.25) is 14.4 Å². The number of ether oxygens (including phenoxy) is 2. The van der Waals surface area contributed by atoms with Crippen LogP contribution in [0.5, 0.6) is 0 Å². The Bertz CT molecular complexity index is 392. The van der Waals surface area contributed by atoms with E-state index >= 15 is 0 Å². The number of carbonyl (C=O) groups excluding carboxylic acids is 4. The van der Waals surface area contributed by atoms with Crippen molar-refractivity contribution in [3.63, 3.8) is 0 Å². The first-order valence-electron chi connectivity index (χ1n) is 6.45. The van der Waals surface area contributed by atoms with E-state index < -0.39 is 23.8 Å². The van der Waals surface area contributed by atoms with Crippen LogP contribution in [-0.2, 0) is 33.5 Å². The summed E-state index contributed by atoms with van der Waals surface area (Å²) in [6, 6.07) is 0. The Morgan fingerprint density at radius 3 is 2.24 bits per heavy atom. The highest BCUT2D eigenvalue weighted by atomic mass is 16.7. The van der Waals surface area contributed by atoms with Crippen molar-refractivity contribution in [3.05, 3.63) is 0 Å². The van der Waals surface area contributed by atoms with E-state index in [9.17, 15) is 19.2 Å². The highest BCUT2D eigenvalue weighted by molar-refractivity contribution is 6.01. The molecule has 1 aliphatic rings. The van der Waals surface area contributed by atoms with Gasteiger partial charge in [-0.1, -0.05) is 0 Å². The molecule has 0 bridgehead atoms. The summed E-state index contributed by atoms with van der Waals surface area (Å²) >= 11 is 0. The third kappa shape index (κ3) is 6.32. The van der Waals surface area contributed by atoms with Gasteiger partial charge in [0.2, 0.25) is 0 Å². The molecule has 1 fully saturated rings. The van der Waals surface area contributed by atoms with Crippen molar-refractivity contribution in [2.45, 2.75) is 25.7 Å². The van der Waals surface area contributed by atoms with E-state index in [0.29, 0.717) is 5.06 Å². The molecule has 21 heavy (non-hydrogen) atoms. The second kappa shape index (κ2) is 9.03. The minimum Gasteiger partial charge on any atom is -0.463 e. The Kier molecular flexibility index (Phi) is 7.33. The number of nitrogens with zero attached hydrogens (tertiary/aromatic N) is 1. The molecule has 0 spiro atoms. The summed E-state index contributed by atoms with van der Waals surface area (Å²) in [6.45, 7) is 0.194. The van der Waals surface area contributed by atoms with E-state index in [1.165, 1.54) is 0 Å². The van der Waals surface area contributed by atoms with E-state index in [0.717, 1.165) is 0 Å². The van der Waals surface area contributed by atoms with Crippen molar-refractivity contribution in [1.29, 1.82) is 0 Å². The van der Waals surface area contributed by atoms with Crippen LogP contribution in [0.1, 0.15) is 25.7 Å². The van der Waals surface area contributed by atoms with E-state index in [2.05, 4.69) is 4.84 Å². The summed E-state index contributed by atoms with van der Waals surface area (Å²) < 4.78 is 9.62. The van der Waals surface area contributed by atoms with Crippen molar-refractivity contribution >= 4 is 23.8 Å². The van der Waals surface area contributed by atoms with Crippen LogP contribution in [-0.4, -0.2) is 60.4 Å². The van der Waals surface area contributed by atoms with E-state index in [1.807, 2.05) is 0 Å². The molecule has 1 aliphatic heterocycles. The molecule has 1 heterocycles. The van der Waals surface area contributed by atoms with Crippen LogP contribution in [0.15, 0.2) is 0 Å². The summed E-state index contributed by atoms with van der Waals surface area (Å²) in [5.74, 6) is -2.63. The molecule has 0 saturated carbocycles. The average molecular weight is 303 g/mol. The molecule has 0 atom stereocenters. The first kappa shape index (κ1) is 17.1. The molecule has 0 aliphatic carbocycles. The van der Waals surface area contributed by atoms with Gasteiger partial charge in [-0.2, -0.15) is 0 Å². The molecule has 9 nitrogen and oxygen atoms in total. The predicted molar refractivity (Wildman–Crippen MR) is 65.3 cm³/mol. The van der Waals surface area contributed by atoms with Crippen LogP contribution < -0.4 is 0 Å². The van der Waals surface area contributed by atoms with Gasteiger partial charge in [0.1, 0.15) is 6.61 Å². The molecule has 0 unspecified atom stereocenters. The Balaban J connectivity index is 2.13. The number of hydroxylamine groups is 2. The van der Waals surface area contributed by atoms with E-state index in [1.54, 1.807) is 0 Å². The topological polar surface area (TPSA) is 119 Å². The third-order valence-electron chi connectivity index (χ3n) is 2.46. The maximum absolute atomic E-state index is 11.4. The Hall–Kier alpha value is -2.00. The first-order valence-corrected chi connectivity index (χ1v) is 6.45. The zero-order valence-corrected chi connectivity index (χ0v) is 11.4. The lowest BCUT2D eigenvalue weighted by Gasteiger charge is -2.12. The molecule has 0 aromatic carbocycles. The summed E-state index contributed by atoms with van der Waals surface area (Å²) in [4.78, 5) is 49.6. The van der Waals surface area contributed by atoms with Crippen LogP contribution >= 0.6 is 0 Å². The number of esters is 1. The lowest BCUT2D eigenvalue weighted by atomic mass is 10.3. The zero-order valence-electron chi connectivity index (χ0n) is 11.4. The zero-order chi connectivity index (χ0) is 15.7. The second-order valence-corrected chi connectivity index (χ2v) is 4.10. The van der Waals surface area contributed by atoms with Crippen molar-refractivity contribution in [3.8, 4) is 0 Å². The molecular formula is C12H17NO8. The monoisotopic (exact) mass is 303 g/mol. The van der Waals surface area contributed by atoms with Gasteiger partial charge in [0.05, 0.1) is 32.7 Å². The van der Waals surface area contributed by atoms with Gasteiger partial charge in [0.25, 0.3) is 11.8 Å². The number of aliphatic hydroxyl groups is 1. The normalized spacial score (nSPS) is 14.4. The quantitative estimate of drug-likeness (QED) is 0.325. The van der Waals surface area contributed by atoms with E-state index in [-0.39, 0.29) is 52.1 Å². The smallest absolute Gasteiger partial charge is 0.333 e. The van der Waals surface area contributed by atoms with Crippen LogP contribution in [0, 0.1) is 0 Å². The fourth-order valence-corrected chi connectivity index (χ4v) is 1.46. The fraction of sp³-hybridized carbons (Fsp3) is 0.667. The van der Waals surface area contributed by atoms with Gasteiger partial charge in [-0.25, -0.2) is 4.79 Å². The highest BCUT2D eigenvalue weighted by Crippen LogP contribution is 2.12. The molecule has 2 amide bonds. The van der Waals surface area contributed by atoms with Gasteiger partial charge >= 0.3 is 11.9 Å². The van der Waals surface area contributed by atoms with Crippen molar-refractivity contribution in [2.24, 2.45) is 0 Å². The second-order valence-electron chi connectivity index (χ2n) is 4.10. The van der Waals surface area contributed by atoms with Crippen LogP contribution in [0.2, 0.25) is 0 Å². The standard InChI is InChI=1S/C12H17NO8/c14-5-6-19-7-8-20-11(17)3-4-12(18)21-13-9(15)1-2-10(13)16/h14H,1-8H2. The fourth-order valence-electron chi connectivity index (χ4n) is 1.46. The molecule has 1 N–H and O–H groups in total. The first-order chi connectivity index (χ1) is 10.0. The Morgan fingerprint density at radius 1 is 1.00 bits per heavy atom. The summed E-state index contributed by atoms with van der Waals surface area (Å²) in [6.07, 6.45) is -0.494. The third-order valence-corrected chi connectivity index (χ3v) is 2.46. The largest absolute Gasteiger partial charge is 0.463 e. The summed E-state index contributed by atoms with van der Waals surface area (Å²) in [5, 5.41) is 8.87. The summed E-state index contributed by atoms with van der Waals surface area (Å²) in [5.41, 5.74) is 0. The average Bonchev–Trinajstić information content (AvgIpc) is 2.77. The maximum atomic E-state index is 11.4. The van der Waals surface area contributed by atoms with Crippen molar-refractivity contribution in [1.82, 2.24) is 5.06 Å². The van der Waals surface area contributed by atoms with Crippen LogP contribution in [0.25, 0.3) is 0 Å². The van der Waals surface area contributed by atoms with Crippen LogP contribution in [0.3, 0.4) is 0 Å². The maximum Gasteiger partial charge on any atom is 0.333 e.